The highest BCUT2D eigenvalue weighted by molar-refractivity contribution is 14.1. The summed E-state index contributed by atoms with van der Waals surface area (Å²) in [6.45, 7) is 0. The first-order valence-corrected chi connectivity index (χ1v) is 9.50. The standard InChI is InChI=1S/C22H12FIN2O/c23-14-10-11-15-17(12-14)21-25-22(27)16-8-4-5-9-18(16)26(21)20(19(15)24)13-6-2-1-3-7-13/h1-12H. The van der Waals surface area contributed by atoms with Crippen LogP contribution in [0.25, 0.3) is 38.6 Å². The molecule has 0 bridgehead atoms. The Morgan fingerprint density at radius 1 is 0.852 bits per heavy atom. The second-order valence-electron chi connectivity index (χ2n) is 6.31. The van der Waals surface area contributed by atoms with Gasteiger partial charge in [0.05, 0.1) is 16.6 Å². The molecule has 0 unspecified atom stereocenters. The Labute approximate surface area is 167 Å². The highest BCUT2D eigenvalue weighted by Gasteiger charge is 2.18. The second kappa shape index (κ2) is 6.13. The quantitative estimate of drug-likeness (QED) is 0.245. The third kappa shape index (κ3) is 2.45. The molecule has 2 aromatic heterocycles. The van der Waals surface area contributed by atoms with Gasteiger partial charge in [-0.15, -0.1) is 0 Å². The fourth-order valence-electron chi connectivity index (χ4n) is 3.55. The molecule has 0 spiro atoms. The number of fused-ring (bicyclic) bond motifs is 5. The summed E-state index contributed by atoms with van der Waals surface area (Å²) in [6, 6.07) is 22.0. The van der Waals surface area contributed by atoms with Crippen LogP contribution in [0.15, 0.2) is 77.6 Å². The van der Waals surface area contributed by atoms with Crippen LogP contribution < -0.4 is 5.56 Å². The monoisotopic (exact) mass is 466 g/mol. The molecule has 130 valence electrons. The summed E-state index contributed by atoms with van der Waals surface area (Å²) in [6.07, 6.45) is 0. The lowest BCUT2D eigenvalue weighted by atomic mass is 10.1. The lowest BCUT2D eigenvalue weighted by Crippen LogP contribution is -2.13. The summed E-state index contributed by atoms with van der Waals surface area (Å²) < 4.78 is 17.0. The Kier molecular flexibility index (Phi) is 3.72. The summed E-state index contributed by atoms with van der Waals surface area (Å²) in [7, 11) is 0. The van der Waals surface area contributed by atoms with Crippen molar-refractivity contribution in [3.63, 3.8) is 0 Å². The van der Waals surface area contributed by atoms with E-state index in [-0.39, 0.29) is 11.4 Å². The Balaban J connectivity index is 2.16. The number of aromatic nitrogens is 2. The lowest BCUT2D eigenvalue weighted by Gasteiger charge is -2.17. The predicted octanol–water partition coefficient (Wildman–Crippen LogP) is 5.41. The van der Waals surface area contributed by atoms with E-state index in [0.717, 1.165) is 25.7 Å². The normalized spacial score (nSPS) is 11.5. The predicted molar refractivity (Wildman–Crippen MR) is 115 cm³/mol. The van der Waals surface area contributed by atoms with Crippen molar-refractivity contribution >= 4 is 49.9 Å². The van der Waals surface area contributed by atoms with E-state index in [0.29, 0.717) is 16.4 Å². The van der Waals surface area contributed by atoms with Crippen LogP contribution in [-0.4, -0.2) is 9.38 Å². The zero-order valence-electron chi connectivity index (χ0n) is 14.0. The van der Waals surface area contributed by atoms with Gasteiger partial charge in [0.1, 0.15) is 11.5 Å². The van der Waals surface area contributed by atoms with Crippen LogP contribution >= 0.6 is 22.6 Å². The van der Waals surface area contributed by atoms with Gasteiger partial charge in [-0.25, -0.2) is 4.39 Å². The lowest BCUT2D eigenvalue weighted by molar-refractivity contribution is 0.629. The molecule has 3 nitrogen and oxygen atoms in total. The summed E-state index contributed by atoms with van der Waals surface area (Å²) >= 11 is 2.29. The molecule has 0 atom stereocenters. The first kappa shape index (κ1) is 16.4. The van der Waals surface area contributed by atoms with Crippen molar-refractivity contribution in [2.45, 2.75) is 0 Å². The van der Waals surface area contributed by atoms with E-state index in [9.17, 15) is 9.18 Å². The molecule has 5 rings (SSSR count). The van der Waals surface area contributed by atoms with Gasteiger partial charge < -0.3 is 0 Å². The molecule has 0 N–H and O–H groups in total. The van der Waals surface area contributed by atoms with E-state index in [1.165, 1.54) is 12.1 Å². The number of para-hydroxylation sites is 1. The fourth-order valence-corrected chi connectivity index (χ4v) is 4.57. The first-order valence-electron chi connectivity index (χ1n) is 8.43. The zero-order valence-corrected chi connectivity index (χ0v) is 16.1. The van der Waals surface area contributed by atoms with Gasteiger partial charge in [0, 0.05) is 14.3 Å². The molecule has 27 heavy (non-hydrogen) atoms. The van der Waals surface area contributed by atoms with E-state index in [2.05, 4.69) is 27.6 Å². The van der Waals surface area contributed by atoms with Crippen LogP contribution in [0.1, 0.15) is 0 Å². The molecular weight excluding hydrogens is 454 g/mol. The average molecular weight is 466 g/mol. The molecule has 0 aliphatic rings. The fraction of sp³-hybridized carbons (Fsp3) is 0. The Morgan fingerprint density at radius 2 is 1.59 bits per heavy atom. The summed E-state index contributed by atoms with van der Waals surface area (Å²) in [5.74, 6) is -0.352. The van der Waals surface area contributed by atoms with Crippen LogP contribution in [0.4, 0.5) is 4.39 Å². The molecular formula is C22H12FIN2O. The van der Waals surface area contributed by atoms with Crippen molar-refractivity contribution in [3.8, 4) is 11.3 Å². The second-order valence-corrected chi connectivity index (χ2v) is 7.39. The maximum absolute atomic E-state index is 14.0. The molecule has 0 amide bonds. The van der Waals surface area contributed by atoms with Gasteiger partial charge in [-0.05, 0) is 52.4 Å². The van der Waals surface area contributed by atoms with Gasteiger partial charge in [-0.2, -0.15) is 4.98 Å². The highest BCUT2D eigenvalue weighted by atomic mass is 127. The van der Waals surface area contributed by atoms with Gasteiger partial charge in [-0.1, -0.05) is 48.5 Å². The minimum atomic E-state index is -0.352. The van der Waals surface area contributed by atoms with Crippen LogP contribution in [0.5, 0.6) is 0 Å². The minimum Gasteiger partial charge on any atom is -0.292 e. The van der Waals surface area contributed by atoms with E-state index in [1.54, 1.807) is 12.1 Å². The van der Waals surface area contributed by atoms with Crippen molar-refractivity contribution in [2.24, 2.45) is 0 Å². The maximum atomic E-state index is 14.0. The SMILES string of the molecule is O=c1nc2c3cc(F)ccc3c(I)c(-c3ccccc3)n2c2ccccc12. The average Bonchev–Trinajstić information content (AvgIpc) is 2.70. The van der Waals surface area contributed by atoms with Crippen LogP contribution in [0.3, 0.4) is 0 Å². The van der Waals surface area contributed by atoms with Gasteiger partial charge in [0.15, 0.2) is 0 Å². The Bertz CT molecular complexity index is 1410. The van der Waals surface area contributed by atoms with Gasteiger partial charge in [0.2, 0.25) is 0 Å². The number of hydrogen-bond donors (Lipinski definition) is 0. The van der Waals surface area contributed by atoms with Crippen molar-refractivity contribution in [1.29, 1.82) is 0 Å². The van der Waals surface area contributed by atoms with Crippen LogP contribution in [-0.2, 0) is 0 Å². The summed E-state index contributed by atoms with van der Waals surface area (Å²) in [5.41, 5.74) is 2.86. The molecule has 0 radical (unpaired) electrons. The van der Waals surface area contributed by atoms with Crippen molar-refractivity contribution in [2.75, 3.05) is 0 Å². The molecule has 2 heterocycles. The summed E-state index contributed by atoms with van der Waals surface area (Å²) in [5, 5.41) is 2.04. The molecule has 0 saturated heterocycles. The Hall–Kier alpha value is -2.80. The van der Waals surface area contributed by atoms with E-state index < -0.39 is 0 Å². The summed E-state index contributed by atoms with van der Waals surface area (Å²) in [4.78, 5) is 17.0. The van der Waals surface area contributed by atoms with Crippen molar-refractivity contribution in [1.82, 2.24) is 9.38 Å². The zero-order chi connectivity index (χ0) is 18.5. The molecule has 3 aromatic carbocycles. The molecule has 0 fully saturated rings. The maximum Gasteiger partial charge on any atom is 0.281 e. The number of benzene rings is 3. The topological polar surface area (TPSA) is 34.4 Å². The number of rotatable bonds is 1. The van der Waals surface area contributed by atoms with E-state index >= 15 is 0 Å². The number of hydrogen-bond acceptors (Lipinski definition) is 2. The number of halogens is 2. The third-order valence-electron chi connectivity index (χ3n) is 4.73. The van der Waals surface area contributed by atoms with E-state index in [1.807, 2.05) is 52.9 Å². The minimum absolute atomic E-state index is 0.309. The molecule has 5 aromatic rings. The van der Waals surface area contributed by atoms with Gasteiger partial charge in [-0.3, -0.25) is 9.20 Å². The first-order chi connectivity index (χ1) is 13.1. The van der Waals surface area contributed by atoms with Crippen molar-refractivity contribution in [3.05, 3.63) is 92.5 Å². The van der Waals surface area contributed by atoms with Crippen LogP contribution in [0, 0.1) is 9.39 Å². The van der Waals surface area contributed by atoms with Crippen LogP contribution in [0.2, 0.25) is 0 Å². The van der Waals surface area contributed by atoms with E-state index in [4.69, 9.17) is 0 Å². The number of nitrogens with zero attached hydrogens (tertiary/aromatic N) is 2. The van der Waals surface area contributed by atoms with Gasteiger partial charge in [0.25, 0.3) is 5.56 Å². The van der Waals surface area contributed by atoms with Gasteiger partial charge >= 0.3 is 0 Å². The van der Waals surface area contributed by atoms with Crippen molar-refractivity contribution < 1.29 is 4.39 Å². The Morgan fingerprint density at radius 3 is 2.41 bits per heavy atom. The highest BCUT2D eigenvalue weighted by Crippen LogP contribution is 2.35. The molecule has 0 saturated carbocycles. The molecule has 0 aliphatic heterocycles. The molecule has 5 heteroatoms. The third-order valence-corrected chi connectivity index (χ3v) is 5.82. The number of pyridine rings is 1. The largest absolute Gasteiger partial charge is 0.292 e. The smallest absolute Gasteiger partial charge is 0.281 e. The molecule has 0 aliphatic carbocycles.